The van der Waals surface area contributed by atoms with Gasteiger partial charge in [0.25, 0.3) is 11.7 Å². The van der Waals surface area contributed by atoms with Crippen LogP contribution in [0.3, 0.4) is 0 Å². The third-order valence-corrected chi connectivity index (χ3v) is 6.55. The Kier molecular flexibility index (Phi) is 9.81. The first-order chi connectivity index (χ1) is 19.5. The van der Waals surface area contributed by atoms with Gasteiger partial charge < -0.3 is 29.0 Å². The minimum atomic E-state index is -0.791. The number of methoxy groups -OCH3 is 1. The number of carbonyl (C=O) groups is 2. The van der Waals surface area contributed by atoms with Crippen molar-refractivity contribution in [2.24, 2.45) is 0 Å². The van der Waals surface area contributed by atoms with Crippen LogP contribution in [-0.4, -0.2) is 55.2 Å². The number of likely N-dealkylation sites (tertiary alicyclic amines) is 1. The van der Waals surface area contributed by atoms with Gasteiger partial charge in [-0.05, 0) is 55.7 Å². The van der Waals surface area contributed by atoms with E-state index in [0.29, 0.717) is 61.2 Å². The zero-order chi connectivity index (χ0) is 28.5. The lowest BCUT2D eigenvalue weighted by Crippen LogP contribution is -2.31. The predicted octanol–water partition coefficient (Wildman–Crippen LogP) is 5.52. The van der Waals surface area contributed by atoms with E-state index in [2.05, 4.69) is 0 Å². The van der Waals surface area contributed by atoms with E-state index in [1.807, 2.05) is 56.3 Å². The number of ketones is 1. The molecular formula is C32H35NO7. The number of amides is 1. The summed E-state index contributed by atoms with van der Waals surface area (Å²) in [6.45, 7) is 5.63. The maximum atomic E-state index is 13.4. The van der Waals surface area contributed by atoms with Crippen molar-refractivity contribution in [1.29, 1.82) is 0 Å². The van der Waals surface area contributed by atoms with Crippen molar-refractivity contribution in [1.82, 2.24) is 4.90 Å². The van der Waals surface area contributed by atoms with E-state index in [4.69, 9.17) is 18.9 Å². The van der Waals surface area contributed by atoms with Gasteiger partial charge in [-0.1, -0.05) is 42.5 Å². The van der Waals surface area contributed by atoms with Gasteiger partial charge in [-0.15, -0.1) is 0 Å². The van der Waals surface area contributed by atoms with Crippen LogP contribution in [0.15, 0.2) is 78.4 Å². The molecule has 3 aromatic carbocycles. The summed E-state index contributed by atoms with van der Waals surface area (Å²) in [6.07, 6.45) is 0.533. The number of benzene rings is 3. The third kappa shape index (κ3) is 6.46. The van der Waals surface area contributed by atoms with Crippen LogP contribution in [0.25, 0.3) is 5.76 Å². The second-order valence-corrected chi connectivity index (χ2v) is 9.21. The molecule has 1 aliphatic heterocycles. The van der Waals surface area contributed by atoms with Gasteiger partial charge in [-0.25, -0.2) is 0 Å². The predicted molar refractivity (Wildman–Crippen MR) is 151 cm³/mol. The Morgan fingerprint density at radius 3 is 2.25 bits per heavy atom. The SMILES string of the molecule is CCOc1ccc(/C(O)=C2/C(=O)C(=O)N(CCCOC)C2c2ccc(OCc3ccccc3)cc2)c(OCC)c1. The third-order valence-electron chi connectivity index (χ3n) is 6.55. The lowest BCUT2D eigenvalue weighted by atomic mass is 9.94. The molecule has 1 heterocycles. The summed E-state index contributed by atoms with van der Waals surface area (Å²) in [7, 11) is 1.58. The molecule has 4 rings (SSSR count). The highest BCUT2D eigenvalue weighted by Gasteiger charge is 2.46. The molecule has 0 aromatic heterocycles. The lowest BCUT2D eigenvalue weighted by Gasteiger charge is -2.25. The Bertz CT molecular complexity index is 1340. The van der Waals surface area contributed by atoms with E-state index in [1.165, 1.54) is 4.90 Å². The fourth-order valence-electron chi connectivity index (χ4n) is 4.70. The molecule has 0 spiro atoms. The zero-order valence-corrected chi connectivity index (χ0v) is 23.1. The molecule has 40 heavy (non-hydrogen) atoms. The molecule has 0 bridgehead atoms. The molecule has 0 saturated carbocycles. The number of hydrogen-bond donors (Lipinski definition) is 1. The lowest BCUT2D eigenvalue weighted by molar-refractivity contribution is -0.140. The molecule has 1 fully saturated rings. The van der Waals surface area contributed by atoms with Crippen LogP contribution in [0.4, 0.5) is 0 Å². The number of hydrogen-bond acceptors (Lipinski definition) is 7. The van der Waals surface area contributed by atoms with Crippen molar-refractivity contribution < 1.29 is 33.6 Å². The standard InChI is InChI=1S/C32H35NO7/c1-4-38-25-16-17-26(27(20-25)39-5-2)30(34)28-29(33(18-9-19-37-3)32(36)31(28)35)23-12-14-24(15-13-23)40-21-22-10-7-6-8-11-22/h6-8,10-17,20,29,34H,4-5,9,18-19,21H2,1-3H3/b30-28-. The van der Waals surface area contributed by atoms with Gasteiger partial charge in [-0.3, -0.25) is 9.59 Å². The summed E-state index contributed by atoms with van der Waals surface area (Å²) in [4.78, 5) is 28.1. The monoisotopic (exact) mass is 545 g/mol. The number of ether oxygens (including phenoxy) is 4. The zero-order valence-electron chi connectivity index (χ0n) is 23.1. The molecule has 0 radical (unpaired) electrons. The van der Waals surface area contributed by atoms with E-state index in [9.17, 15) is 14.7 Å². The van der Waals surface area contributed by atoms with Crippen LogP contribution < -0.4 is 14.2 Å². The highest BCUT2D eigenvalue weighted by molar-refractivity contribution is 6.46. The molecule has 1 aliphatic rings. The van der Waals surface area contributed by atoms with Crippen molar-refractivity contribution in [3.63, 3.8) is 0 Å². The number of Topliss-reactive ketones (excluding diaryl/α,β-unsaturated/α-hetero) is 1. The number of rotatable bonds is 13. The second kappa shape index (κ2) is 13.7. The summed E-state index contributed by atoms with van der Waals surface area (Å²) in [5.74, 6) is -0.135. The minimum absolute atomic E-state index is 0.00508. The Balaban J connectivity index is 1.72. The first kappa shape index (κ1) is 28.7. The Hall–Kier alpha value is -4.30. The molecule has 8 nitrogen and oxygen atoms in total. The van der Waals surface area contributed by atoms with Crippen molar-refractivity contribution in [3.8, 4) is 17.2 Å². The van der Waals surface area contributed by atoms with Crippen LogP contribution in [0.1, 0.15) is 43.0 Å². The average molecular weight is 546 g/mol. The fourth-order valence-corrected chi connectivity index (χ4v) is 4.70. The van der Waals surface area contributed by atoms with Crippen molar-refractivity contribution in [3.05, 3.63) is 95.1 Å². The normalized spacial score (nSPS) is 16.3. The molecular weight excluding hydrogens is 510 g/mol. The highest BCUT2D eigenvalue weighted by atomic mass is 16.5. The smallest absolute Gasteiger partial charge is 0.295 e. The van der Waals surface area contributed by atoms with Gasteiger partial charge >= 0.3 is 0 Å². The molecule has 1 saturated heterocycles. The molecule has 0 aliphatic carbocycles. The largest absolute Gasteiger partial charge is 0.507 e. The number of carbonyl (C=O) groups excluding carboxylic acids is 2. The maximum absolute atomic E-state index is 13.4. The van der Waals surface area contributed by atoms with Gasteiger partial charge in [-0.2, -0.15) is 0 Å². The molecule has 8 heteroatoms. The van der Waals surface area contributed by atoms with Gasteiger partial charge in [0.05, 0.1) is 30.4 Å². The Morgan fingerprint density at radius 1 is 0.875 bits per heavy atom. The average Bonchev–Trinajstić information content (AvgIpc) is 3.22. The van der Waals surface area contributed by atoms with E-state index in [1.54, 1.807) is 37.4 Å². The first-order valence-electron chi connectivity index (χ1n) is 13.4. The fraction of sp³-hybridized carbons (Fsp3) is 0.312. The highest BCUT2D eigenvalue weighted by Crippen LogP contribution is 2.42. The van der Waals surface area contributed by atoms with Crippen LogP contribution in [0, 0.1) is 0 Å². The number of nitrogens with zero attached hydrogens (tertiary/aromatic N) is 1. The van der Waals surface area contributed by atoms with Crippen LogP contribution in [0.2, 0.25) is 0 Å². The van der Waals surface area contributed by atoms with E-state index in [-0.39, 0.29) is 17.9 Å². The number of aliphatic hydroxyl groups excluding tert-OH is 1. The summed E-state index contributed by atoms with van der Waals surface area (Å²) >= 11 is 0. The second-order valence-electron chi connectivity index (χ2n) is 9.21. The molecule has 3 aromatic rings. The summed E-state index contributed by atoms with van der Waals surface area (Å²) < 4.78 is 22.5. The maximum Gasteiger partial charge on any atom is 0.295 e. The topological polar surface area (TPSA) is 94.5 Å². The van der Waals surface area contributed by atoms with Crippen molar-refractivity contribution in [2.75, 3.05) is 33.5 Å². The van der Waals surface area contributed by atoms with E-state index in [0.717, 1.165) is 5.56 Å². The molecule has 1 atom stereocenters. The van der Waals surface area contributed by atoms with Gasteiger partial charge in [0.2, 0.25) is 0 Å². The quantitative estimate of drug-likeness (QED) is 0.131. The molecule has 1 amide bonds. The molecule has 210 valence electrons. The summed E-state index contributed by atoms with van der Waals surface area (Å²) in [5.41, 5.74) is 2.03. The molecule has 1 unspecified atom stereocenters. The summed E-state index contributed by atoms with van der Waals surface area (Å²) in [6, 6.07) is 21.3. The van der Waals surface area contributed by atoms with Crippen LogP contribution in [0.5, 0.6) is 17.2 Å². The van der Waals surface area contributed by atoms with Gasteiger partial charge in [0.15, 0.2) is 0 Å². The van der Waals surface area contributed by atoms with Gasteiger partial charge in [0.1, 0.15) is 29.6 Å². The van der Waals surface area contributed by atoms with E-state index >= 15 is 0 Å². The van der Waals surface area contributed by atoms with E-state index < -0.39 is 17.7 Å². The first-order valence-corrected chi connectivity index (χ1v) is 13.4. The van der Waals surface area contributed by atoms with Crippen LogP contribution >= 0.6 is 0 Å². The molecule has 1 N–H and O–H groups in total. The summed E-state index contributed by atoms with van der Waals surface area (Å²) in [5, 5.41) is 11.5. The number of aliphatic hydroxyl groups is 1. The Labute approximate surface area is 234 Å². The van der Waals surface area contributed by atoms with Crippen LogP contribution in [-0.2, 0) is 20.9 Å². The Morgan fingerprint density at radius 2 is 1.57 bits per heavy atom. The van der Waals surface area contributed by atoms with Gasteiger partial charge in [0, 0.05) is 26.3 Å². The van der Waals surface area contributed by atoms with Crippen molar-refractivity contribution in [2.45, 2.75) is 32.9 Å². The minimum Gasteiger partial charge on any atom is -0.507 e. The van der Waals surface area contributed by atoms with Crippen molar-refractivity contribution >= 4 is 17.4 Å².